The van der Waals surface area contributed by atoms with Crippen LogP contribution in [0.25, 0.3) is 0 Å². The first kappa shape index (κ1) is 15.1. The molecule has 1 atom stereocenters. The Hall–Kier alpha value is -0.770. The van der Waals surface area contributed by atoms with E-state index in [-0.39, 0.29) is 17.4 Å². The molecule has 114 valence electrons. The molecule has 1 aliphatic heterocycles. The Labute approximate surface area is 135 Å². The van der Waals surface area contributed by atoms with Gasteiger partial charge in [-0.1, -0.05) is 35.7 Å². The van der Waals surface area contributed by atoms with Gasteiger partial charge in [-0.25, -0.2) is 0 Å². The summed E-state index contributed by atoms with van der Waals surface area (Å²) in [5.41, 5.74) is 6.64. The molecule has 1 aromatic rings. The first-order valence-electron chi connectivity index (χ1n) is 7.53. The van der Waals surface area contributed by atoms with Crippen molar-refractivity contribution < 1.29 is 4.79 Å². The predicted molar refractivity (Wildman–Crippen MR) is 85.5 cm³/mol. The molecule has 3 rings (SSSR count). The van der Waals surface area contributed by atoms with Gasteiger partial charge in [0.25, 0.3) is 0 Å². The molecule has 0 bridgehead atoms. The highest BCUT2D eigenvalue weighted by Crippen LogP contribution is 2.45. The zero-order chi connectivity index (χ0) is 15.0. The van der Waals surface area contributed by atoms with E-state index in [0.29, 0.717) is 16.6 Å². The van der Waals surface area contributed by atoms with E-state index in [0.717, 1.165) is 44.2 Å². The van der Waals surface area contributed by atoms with Crippen LogP contribution in [-0.2, 0) is 4.79 Å². The van der Waals surface area contributed by atoms with Crippen molar-refractivity contribution in [3.05, 3.63) is 33.8 Å². The normalized spacial score (nSPS) is 24.0. The van der Waals surface area contributed by atoms with Gasteiger partial charge in [-0.2, -0.15) is 0 Å². The molecular formula is C16H20Cl2N2O. The summed E-state index contributed by atoms with van der Waals surface area (Å²) in [5, 5.41) is 1.10. The lowest BCUT2D eigenvalue weighted by atomic mass is 9.67. The Bertz CT molecular complexity index is 552. The van der Waals surface area contributed by atoms with Crippen LogP contribution in [0.15, 0.2) is 18.2 Å². The van der Waals surface area contributed by atoms with Crippen LogP contribution in [0.4, 0.5) is 0 Å². The van der Waals surface area contributed by atoms with Gasteiger partial charge in [-0.3, -0.25) is 4.79 Å². The van der Waals surface area contributed by atoms with Crippen molar-refractivity contribution in [3.63, 3.8) is 0 Å². The van der Waals surface area contributed by atoms with Crippen LogP contribution in [0.3, 0.4) is 0 Å². The quantitative estimate of drug-likeness (QED) is 0.918. The van der Waals surface area contributed by atoms with Crippen molar-refractivity contribution in [2.75, 3.05) is 13.1 Å². The third kappa shape index (κ3) is 2.56. The maximum absolute atomic E-state index is 12.9. The number of likely N-dealkylation sites (tertiary alicyclic amines) is 1. The number of nitrogens with zero attached hydrogens (tertiary/aromatic N) is 1. The first-order chi connectivity index (χ1) is 10.1. The zero-order valence-corrected chi connectivity index (χ0v) is 13.5. The van der Waals surface area contributed by atoms with E-state index >= 15 is 0 Å². The summed E-state index contributed by atoms with van der Waals surface area (Å²) in [6.45, 7) is 1.27. The third-order valence-corrected chi connectivity index (χ3v) is 5.74. The molecule has 2 aliphatic rings. The molecular weight excluding hydrogens is 307 g/mol. The first-order valence-corrected chi connectivity index (χ1v) is 8.29. The van der Waals surface area contributed by atoms with E-state index < -0.39 is 0 Å². The van der Waals surface area contributed by atoms with Crippen molar-refractivity contribution in [1.82, 2.24) is 4.90 Å². The number of carbonyl (C=O) groups excluding carboxylic acids is 1. The molecule has 5 heteroatoms. The zero-order valence-electron chi connectivity index (χ0n) is 11.9. The van der Waals surface area contributed by atoms with Gasteiger partial charge >= 0.3 is 0 Å². The highest BCUT2D eigenvalue weighted by atomic mass is 35.5. The van der Waals surface area contributed by atoms with E-state index in [1.54, 1.807) is 0 Å². The maximum Gasteiger partial charge on any atom is 0.230 e. The number of hydrogen-bond acceptors (Lipinski definition) is 2. The molecule has 3 nitrogen and oxygen atoms in total. The van der Waals surface area contributed by atoms with Gasteiger partial charge in [-0.15, -0.1) is 0 Å². The monoisotopic (exact) mass is 326 g/mol. The minimum Gasteiger partial charge on any atom is -0.335 e. The summed E-state index contributed by atoms with van der Waals surface area (Å²) >= 11 is 12.1. The number of hydrogen-bond donors (Lipinski definition) is 1. The minimum atomic E-state index is -0.307. The number of benzene rings is 1. The Kier molecular flexibility index (Phi) is 4.17. The van der Waals surface area contributed by atoms with Crippen LogP contribution in [0.1, 0.15) is 43.7 Å². The SMILES string of the molecule is NCC1(C(=O)N2CCCC2c2ccc(Cl)c(Cl)c2)CCC1. The summed E-state index contributed by atoms with van der Waals surface area (Å²) in [7, 11) is 0. The smallest absolute Gasteiger partial charge is 0.230 e. The summed E-state index contributed by atoms with van der Waals surface area (Å²) in [6.07, 6.45) is 4.95. The molecule has 2 fully saturated rings. The van der Waals surface area contributed by atoms with Gasteiger partial charge in [0.2, 0.25) is 5.91 Å². The highest BCUT2D eigenvalue weighted by molar-refractivity contribution is 6.42. The van der Waals surface area contributed by atoms with Gasteiger partial charge in [-0.05, 0) is 43.4 Å². The van der Waals surface area contributed by atoms with Gasteiger partial charge in [0, 0.05) is 13.1 Å². The number of carbonyl (C=O) groups is 1. The highest BCUT2D eigenvalue weighted by Gasteiger charge is 2.47. The van der Waals surface area contributed by atoms with Crippen molar-refractivity contribution >= 4 is 29.1 Å². The topological polar surface area (TPSA) is 46.3 Å². The average Bonchev–Trinajstić information content (AvgIpc) is 2.90. The van der Waals surface area contributed by atoms with E-state index in [1.807, 2.05) is 23.1 Å². The predicted octanol–water partition coefficient (Wildman–Crippen LogP) is 3.79. The largest absolute Gasteiger partial charge is 0.335 e. The van der Waals surface area contributed by atoms with E-state index in [1.165, 1.54) is 0 Å². The van der Waals surface area contributed by atoms with Crippen molar-refractivity contribution in [2.24, 2.45) is 11.1 Å². The van der Waals surface area contributed by atoms with Gasteiger partial charge in [0.05, 0.1) is 21.5 Å². The van der Waals surface area contributed by atoms with Gasteiger partial charge in [0.15, 0.2) is 0 Å². The number of amides is 1. The second-order valence-electron chi connectivity index (χ2n) is 6.17. The average molecular weight is 327 g/mol. The minimum absolute atomic E-state index is 0.108. The number of halogens is 2. The standard InChI is InChI=1S/C16H20Cl2N2O/c17-12-5-4-11(9-13(12)18)14-3-1-8-20(14)15(21)16(10-19)6-2-7-16/h4-5,9,14H,1-3,6-8,10,19H2. The van der Waals surface area contributed by atoms with E-state index in [4.69, 9.17) is 28.9 Å². The molecule has 0 spiro atoms. The lowest BCUT2D eigenvalue weighted by molar-refractivity contribution is -0.147. The molecule has 1 aromatic carbocycles. The maximum atomic E-state index is 12.9. The van der Waals surface area contributed by atoms with Gasteiger partial charge < -0.3 is 10.6 Å². The van der Waals surface area contributed by atoms with Crippen LogP contribution < -0.4 is 5.73 Å². The molecule has 0 radical (unpaired) electrons. The van der Waals surface area contributed by atoms with Crippen molar-refractivity contribution in [2.45, 2.75) is 38.1 Å². The summed E-state index contributed by atoms with van der Waals surface area (Å²) in [5.74, 6) is 0.227. The van der Waals surface area contributed by atoms with Crippen LogP contribution in [0, 0.1) is 5.41 Å². The molecule has 1 heterocycles. The lowest BCUT2D eigenvalue weighted by Crippen LogP contribution is -2.51. The Balaban J connectivity index is 1.85. The molecule has 1 saturated heterocycles. The van der Waals surface area contributed by atoms with Crippen LogP contribution >= 0.6 is 23.2 Å². The lowest BCUT2D eigenvalue weighted by Gasteiger charge is -2.43. The second kappa shape index (κ2) is 5.79. The summed E-state index contributed by atoms with van der Waals surface area (Å²) in [6, 6.07) is 5.77. The molecule has 1 unspecified atom stereocenters. The van der Waals surface area contributed by atoms with Crippen molar-refractivity contribution in [3.8, 4) is 0 Å². The second-order valence-corrected chi connectivity index (χ2v) is 6.98. The summed E-state index contributed by atoms with van der Waals surface area (Å²) in [4.78, 5) is 14.9. The fraction of sp³-hybridized carbons (Fsp3) is 0.562. The van der Waals surface area contributed by atoms with Crippen LogP contribution in [0.5, 0.6) is 0 Å². The summed E-state index contributed by atoms with van der Waals surface area (Å²) < 4.78 is 0. The molecule has 1 amide bonds. The Morgan fingerprint density at radius 2 is 2.05 bits per heavy atom. The molecule has 1 aliphatic carbocycles. The number of nitrogens with two attached hydrogens (primary N) is 1. The molecule has 1 saturated carbocycles. The Morgan fingerprint density at radius 1 is 1.29 bits per heavy atom. The van der Waals surface area contributed by atoms with Gasteiger partial charge in [0.1, 0.15) is 0 Å². The molecule has 0 aromatic heterocycles. The Morgan fingerprint density at radius 3 is 2.62 bits per heavy atom. The molecule has 21 heavy (non-hydrogen) atoms. The third-order valence-electron chi connectivity index (χ3n) is 5.00. The fourth-order valence-electron chi connectivity index (χ4n) is 3.49. The van der Waals surface area contributed by atoms with E-state index in [2.05, 4.69) is 0 Å². The number of rotatable bonds is 3. The van der Waals surface area contributed by atoms with Crippen molar-refractivity contribution in [1.29, 1.82) is 0 Å². The van der Waals surface area contributed by atoms with Crippen LogP contribution in [0.2, 0.25) is 10.0 Å². The van der Waals surface area contributed by atoms with E-state index in [9.17, 15) is 4.79 Å². The molecule has 2 N–H and O–H groups in total. The van der Waals surface area contributed by atoms with Crippen LogP contribution in [-0.4, -0.2) is 23.9 Å². The fourth-order valence-corrected chi connectivity index (χ4v) is 3.80.